The maximum atomic E-state index is 5.41. The van der Waals surface area contributed by atoms with E-state index < -0.39 is 0 Å². The topological polar surface area (TPSA) is 12.5 Å². The highest BCUT2D eigenvalue weighted by Gasteiger charge is 2.15. The summed E-state index contributed by atoms with van der Waals surface area (Å²) in [7, 11) is 3.84. The summed E-state index contributed by atoms with van der Waals surface area (Å²) in [6, 6.07) is 11.0. The molecule has 0 aromatic heterocycles. The number of unbranched alkanes of at least 4 members (excludes halogenated alkanes) is 1. The van der Waals surface area contributed by atoms with Crippen LogP contribution in [0.15, 0.2) is 30.3 Å². The molecule has 2 heteroatoms. The fraction of sp³-hybridized carbons (Fsp3) is 0.500. The Bertz CT molecular complexity index is 355. The molecule has 1 atom stereocenters. The van der Waals surface area contributed by atoms with Gasteiger partial charge in [-0.3, -0.25) is 4.90 Å². The van der Waals surface area contributed by atoms with Crippen LogP contribution in [0.25, 0.3) is 0 Å². The van der Waals surface area contributed by atoms with Crippen LogP contribution in [0.1, 0.15) is 30.9 Å². The van der Waals surface area contributed by atoms with Crippen LogP contribution in [0.5, 0.6) is 0 Å². The molecule has 0 aliphatic rings. The quantitative estimate of drug-likeness (QED) is 0.515. The smallest absolute Gasteiger partial charge is 0.0601 e. The van der Waals surface area contributed by atoms with E-state index in [1.54, 1.807) is 7.11 Å². The van der Waals surface area contributed by atoms with Crippen LogP contribution in [0.3, 0.4) is 0 Å². The van der Waals surface area contributed by atoms with E-state index in [1.807, 2.05) is 6.07 Å². The monoisotopic (exact) mass is 245 g/mol. The van der Waals surface area contributed by atoms with Crippen LogP contribution < -0.4 is 0 Å². The Morgan fingerprint density at radius 2 is 2.00 bits per heavy atom. The summed E-state index contributed by atoms with van der Waals surface area (Å²) in [5.41, 5.74) is 1.34. The number of benzene rings is 1. The lowest BCUT2D eigenvalue weighted by atomic mass is 10.00. The summed E-state index contributed by atoms with van der Waals surface area (Å²) in [5, 5.41) is 0. The van der Waals surface area contributed by atoms with Gasteiger partial charge in [-0.25, -0.2) is 0 Å². The third-order valence-corrected chi connectivity index (χ3v) is 3.13. The maximum Gasteiger partial charge on any atom is 0.0601 e. The van der Waals surface area contributed by atoms with Gasteiger partial charge in [-0.2, -0.15) is 0 Å². The molecule has 0 fully saturated rings. The molecule has 0 spiro atoms. The SMILES string of the molecule is C#CCN(C)C(CCCCOC)c1ccccc1. The first kappa shape index (κ1) is 14.8. The lowest BCUT2D eigenvalue weighted by molar-refractivity contribution is 0.184. The summed E-state index contributed by atoms with van der Waals surface area (Å²) < 4.78 is 5.09. The van der Waals surface area contributed by atoms with Gasteiger partial charge in [0.15, 0.2) is 0 Å². The van der Waals surface area contributed by atoms with E-state index in [0.29, 0.717) is 12.6 Å². The zero-order valence-electron chi connectivity index (χ0n) is 11.4. The predicted molar refractivity (Wildman–Crippen MR) is 76.4 cm³/mol. The molecule has 0 heterocycles. The van der Waals surface area contributed by atoms with Gasteiger partial charge >= 0.3 is 0 Å². The molecule has 1 aromatic carbocycles. The van der Waals surface area contributed by atoms with Crippen LogP contribution in [-0.2, 0) is 4.74 Å². The molecule has 0 radical (unpaired) electrons. The van der Waals surface area contributed by atoms with Gasteiger partial charge in [-0.05, 0) is 31.9 Å². The highest BCUT2D eigenvalue weighted by atomic mass is 16.5. The Balaban J connectivity index is 2.61. The number of nitrogens with zero attached hydrogens (tertiary/aromatic N) is 1. The molecule has 98 valence electrons. The first-order valence-corrected chi connectivity index (χ1v) is 6.47. The Labute approximate surface area is 111 Å². The Hall–Kier alpha value is -1.30. The molecular formula is C16H23NO. The molecule has 0 saturated carbocycles. The number of hydrogen-bond donors (Lipinski definition) is 0. The first-order valence-electron chi connectivity index (χ1n) is 6.47. The molecule has 1 unspecified atom stereocenters. The summed E-state index contributed by atoms with van der Waals surface area (Å²) in [6.07, 6.45) is 8.78. The van der Waals surface area contributed by atoms with Crippen molar-refractivity contribution < 1.29 is 4.74 Å². The molecule has 0 saturated heterocycles. The van der Waals surface area contributed by atoms with Crippen LogP contribution in [0, 0.1) is 12.3 Å². The normalized spacial score (nSPS) is 12.3. The van der Waals surface area contributed by atoms with Gasteiger partial charge in [0, 0.05) is 19.8 Å². The minimum Gasteiger partial charge on any atom is -0.385 e. The Kier molecular flexibility index (Phi) is 7.17. The number of methoxy groups -OCH3 is 1. The molecule has 1 aromatic rings. The van der Waals surface area contributed by atoms with Gasteiger partial charge < -0.3 is 4.74 Å². The number of rotatable bonds is 8. The maximum absolute atomic E-state index is 5.41. The summed E-state index contributed by atoms with van der Waals surface area (Å²) in [4.78, 5) is 2.24. The molecule has 0 aliphatic heterocycles. The predicted octanol–water partition coefficient (Wildman–Crippen LogP) is 3.11. The number of hydrogen-bond acceptors (Lipinski definition) is 2. The summed E-state index contributed by atoms with van der Waals surface area (Å²) >= 11 is 0. The minimum atomic E-state index is 0.402. The van der Waals surface area contributed by atoms with Crippen molar-refractivity contribution in [2.24, 2.45) is 0 Å². The number of ether oxygens (including phenoxy) is 1. The Morgan fingerprint density at radius 3 is 2.61 bits per heavy atom. The van der Waals surface area contributed by atoms with Gasteiger partial charge in [0.2, 0.25) is 0 Å². The van der Waals surface area contributed by atoms with Gasteiger partial charge in [-0.1, -0.05) is 36.3 Å². The largest absolute Gasteiger partial charge is 0.385 e. The van der Waals surface area contributed by atoms with Crippen molar-refractivity contribution in [3.05, 3.63) is 35.9 Å². The second kappa shape index (κ2) is 8.74. The molecule has 0 aliphatic carbocycles. The van der Waals surface area contributed by atoms with E-state index in [1.165, 1.54) is 5.56 Å². The van der Waals surface area contributed by atoms with Crippen molar-refractivity contribution in [2.75, 3.05) is 27.3 Å². The van der Waals surface area contributed by atoms with Crippen molar-refractivity contribution >= 4 is 0 Å². The minimum absolute atomic E-state index is 0.402. The standard InChI is InChI=1S/C16H23NO/c1-4-13-17(2)16(12-8-9-14-18-3)15-10-6-5-7-11-15/h1,5-7,10-11,16H,8-9,12-14H2,2-3H3. The van der Waals surface area contributed by atoms with Crippen LogP contribution in [0.4, 0.5) is 0 Å². The average Bonchev–Trinajstić information content (AvgIpc) is 2.40. The molecule has 0 bridgehead atoms. The van der Waals surface area contributed by atoms with Crippen molar-refractivity contribution in [3.8, 4) is 12.3 Å². The zero-order chi connectivity index (χ0) is 13.2. The van der Waals surface area contributed by atoms with Gasteiger partial charge in [0.1, 0.15) is 0 Å². The summed E-state index contributed by atoms with van der Waals surface area (Å²) in [6.45, 7) is 1.52. The van der Waals surface area contributed by atoms with Gasteiger partial charge in [0.05, 0.1) is 6.54 Å². The second-order valence-corrected chi connectivity index (χ2v) is 4.53. The average molecular weight is 245 g/mol. The van der Waals surface area contributed by atoms with Crippen molar-refractivity contribution in [1.29, 1.82) is 0 Å². The highest BCUT2D eigenvalue weighted by molar-refractivity contribution is 5.19. The molecule has 1 rings (SSSR count). The van der Waals surface area contributed by atoms with E-state index in [4.69, 9.17) is 11.2 Å². The van der Waals surface area contributed by atoms with E-state index in [-0.39, 0.29) is 0 Å². The zero-order valence-corrected chi connectivity index (χ0v) is 11.4. The van der Waals surface area contributed by atoms with Gasteiger partial charge in [0.25, 0.3) is 0 Å². The van der Waals surface area contributed by atoms with E-state index in [0.717, 1.165) is 25.9 Å². The van der Waals surface area contributed by atoms with E-state index in [2.05, 4.69) is 42.1 Å². The van der Waals surface area contributed by atoms with Gasteiger partial charge in [-0.15, -0.1) is 6.42 Å². The highest BCUT2D eigenvalue weighted by Crippen LogP contribution is 2.24. The van der Waals surface area contributed by atoms with E-state index in [9.17, 15) is 0 Å². The number of terminal acetylenes is 1. The fourth-order valence-electron chi connectivity index (χ4n) is 2.15. The second-order valence-electron chi connectivity index (χ2n) is 4.53. The molecular weight excluding hydrogens is 222 g/mol. The molecule has 0 amide bonds. The molecule has 2 nitrogen and oxygen atoms in total. The van der Waals surface area contributed by atoms with Crippen LogP contribution >= 0.6 is 0 Å². The molecule has 0 N–H and O–H groups in total. The lowest BCUT2D eigenvalue weighted by Gasteiger charge is -2.27. The fourth-order valence-corrected chi connectivity index (χ4v) is 2.15. The van der Waals surface area contributed by atoms with Crippen molar-refractivity contribution in [2.45, 2.75) is 25.3 Å². The first-order chi connectivity index (χ1) is 8.79. The lowest BCUT2D eigenvalue weighted by Crippen LogP contribution is -2.25. The third-order valence-electron chi connectivity index (χ3n) is 3.13. The van der Waals surface area contributed by atoms with Crippen LogP contribution in [0.2, 0.25) is 0 Å². The Morgan fingerprint density at radius 1 is 1.28 bits per heavy atom. The van der Waals surface area contributed by atoms with E-state index >= 15 is 0 Å². The third kappa shape index (κ3) is 4.91. The van der Waals surface area contributed by atoms with Crippen LogP contribution in [-0.4, -0.2) is 32.2 Å². The molecule has 18 heavy (non-hydrogen) atoms. The van der Waals surface area contributed by atoms with Crippen molar-refractivity contribution in [1.82, 2.24) is 4.90 Å². The van der Waals surface area contributed by atoms with Crippen molar-refractivity contribution in [3.63, 3.8) is 0 Å². The summed E-state index contributed by atoms with van der Waals surface area (Å²) in [5.74, 6) is 2.72.